The Morgan fingerprint density at radius 1 is 1.48 bits per heavy atom. The van der Waals surface area contributed by atoms with Crippen molar-refractivity contribution in [2.75, 3.05) is 5.43 Å². The van der Waals surface area contributed by atoms with Crippen LogP contribution in [0.4, 0.5) is 5.69 Å². The van der Waals surface area contributed by atoms with E-state index in [2.05, 4.69) is 22.4 Å². The number of hydrogen-bond acceptors (Lipinski definition) is 5. The van der Waals surface area contributed by atoms with Crippen LogP contribution in [0.5, 0.6) is 0 Å². The van der Waals surface area contributed by atoms with Gasteiger partial charge >= 0.3 is 0 Å². The minimum Gasteiger partial charge on any atom is -0.382 e. The number of imidazole rings is 1. The number of benzene rings is 1. The number of aromatic nitrogens is 2. The zero-order chi connectivity index (χ0) is 15.2. The molecular weight excluding hydrogens is 266 g/mol. The monoisotopic (exact) mass is 281 g/mol. The lowest BCUT2D eigenvalue weighted by Gasteiger charge is -2.07. The fourth-order valence-corrected chi connectivity index (χ4v) is 1.79. The Kier molecular flexibility index (Phi) is 4.31. The molecule has 4 N–H and O–H groups in total. The maximum absolute atomic E-state index is 8.75. The molecule has 0 amide bonds. The molecule has 0 aliphatic heterocycles. The van der Waals surface area contributed by atoms with Gasteiger partial charge in [-0.3, -0.25) is 10.8 Å². The number of aryl methyl sites for hydroxylation is 1. The van der Waals surface area contributed by atoms with Gasteiger partial charge < -0.3 is 10.3 Å². The quantitative estimate of drug-likeness (QED) is 0.439. The molecule has 0 saturated heterocycles. The summed E-state index contributed by atoms with van der Waals surface area (Å²) in [4.78, 5) is 4.28. The van der Waals surface area contributed by atoms with Crippen molar-refractivity contribution < 1.29 is 0 Å². The predicted octanol–water partition coefficient (Wildman–Crippen LogP) is 1.66. The number of anilines is 1. The highest BCUT2D eigenvalue weighted by Crippen LogP contribution is 2.15. The van der Waals surface area contributed by atoms with Gasteiger partial charge in [0.15, 0.2) is 5.84 Å². The second kappa shape index (κ2) is 6.34. The first kappa shape index (κ1) is 14.3. The summed E-state index contributed by atoms with van der Waals surface area (Å²) in [6.07, 6.45) is 4.52. The number of nitrogens with one attached hydrogen (secondary N) is 2. The molecule has 0 aliphatic carbocycles. The molecule has 1 heterocycles. The molecule has 7 nitrogen and oxygen atoms in total. The van der Waals surface area contributed by atoms with Crippen LogP contribution >= 0.6 is 0 Å². The van der Waals surface area contributed by atoms with Crippen molar-refractivity contribution in [3.8, 4) is 11.8 Å². The minimum absolute atomic E-state index is 0.151. The van der Waals surface area contributed by atoms with Crippen LogP contribution in [0.15, 0.2) is 41.8 Å². The molecule has 0 unspecified atom stereocenters. The Morgan fingerprint density at radius 3 is 2.76 bits per heavy atom. The van der Waals surface area contributed by atoms with E-state index in [1.807, 2.05) is 35.0 Å². The van der Waals surface area contributed by atoms with Gasteiger partial charge in [-0.15, -0.1) is 0 Å². The van der Waals surface area contributed by atoms with Gasteiger partial charge in [-0.1, -0.05) is 6.92 Å². The lowest BCUT2D eigenvalue weighted by atomic mass is 10.2. The van der Waals surface area contributed by atoms with Gasteiger partial charge in [0.2, 0.25) is 5.71 Å². The van der Waals surface area contributed by atoms with Crippen molar-refractivity contribution in [3.63, 3.8) is 0 Å². The first-order valence-corrected chi connectivity index (χ1v) is 6.36. The van der Waals surface area contributed by atoms with Crippen molar-refractivity contribution in [3.05, 3.63) is 42.5 Å². The highest BCUT2D eigenvalue weighted by atomic mass is 15.3. The van der Waals surface area contributed by atoms with Crippen LogP contribution < -0.4 is 11.2 Å². The molecule has 2 aromatic rings. The Labute approximate surface area is 122 Å². The molecule has 0 fully saturated rings. The fourth-order valence-electron chi connectivity index (χ4n) is 1.79. The molecule has 0 bridgehead atoms. The number of nitrogens with two attached hydrogens (primary N) is 1. The Bertz CT molecular complexity index is 704. The molecule has 21 heavy (non-hydrogen) atoms. The van der Waals surface area contributed by atoms with E-state index in [4.69, 9.17) is 16.4 Å². The molecule has 1 aromatic heterocycles. The SMILES string of the molecule is CCc1nccn1-c1ccc(N/N=C(\C#N)C(=N)N)cc1. The number of rotatable bonds is 5. The summed E-state index contributed by atoms with van der Waals surface area (Å²) < 4.78 is 2.00. The van der Waals surface area contributed by atoms with Crippen LogP contribution in [0, 0.1) is 16.7 Å². The summed E-state index contributed by atoms with van der Waals surface area (Å²) in [5, 5.41) is 19.7. The van der Waals surface area contributed by atoms with Crippen molar-refractivity contribution in [1.29, 1.82) is 10.7 Å². The van der Waals surface area contributed by atoms with Crippen molar-refractivity contribution in [2.24, 2.45) is 10.8 Å². The van der Waals surface area contributed by atoms with E-state index >= 15 is 0 Å². The highest BCUT2D eigenvalue weighted by Gasteiger charge is 2.03. The van der Waals surface area contributed by atoms with E-state index in [0.717, 1.165) is 17.9 Å². The van der Waals surface area contributed by atoms with Crippen molar-refractivity contribution >= 4 is 17.2 Å². The molecule has 1 aromatic carbocycles. The smallest absolute Gasteiger partial charge is 0.201 e. The number of hydrogen-bond donors (Lipinski definition) is 3. The zero-order valence-corrected chi connectivity index (χ0v) is 11.5. The van der Waals surface area contributed by atoms with Gasteiger partial charge in [0, 0.05) is 24.5 Å². The first-order valence-electron chi connectivity index (χ1n) is 6.36. The minimum atomic E-state index is -0.368. The standard InChI is InChI=1S/C14H15N7/c1-2-13-18-7-8-21(13)11-5-3-10(4-6-11)19-20-12(9-15)14(16)17/h3-8,19H,2H2,1H3,(H3,16,17)/b20-12+. The summed E-state index contributed by atoms with van der Waals surface area (Å²) >= 11 is 0. The Balaban J connectivity index is 2.17. The second-order valence-corrected chi connectivity index (χ2v) is 4.21. The van der Waals surface area contributed by atoms with Gasteiger partial charge in [0.25, 0.3) is 0 Å². The summed E-state index contributed by atoms with van der Waals surface area (Å²) in [5.41, 5.74) is 9.45. The van der Waals surface area contributed by atoms with Crippen LogP contribution in [-0.2, 0) is 6.42 Å². The summed E-state index contributed by atoms with van der Waals surface area (Å²) in [6, 6.07) is 9.23. The third-order valence-electron chi connectivity index (χ3n) is 2.84. The fraction of sp³-hybridized carbons (Fsp3) is 0.143. The first-order chi connectivity index (χ1) is 10.2. The highest BCUT2D eigenvalue weighted by molar-refractivity contribution is 6.45. The number of nitrogens with zero attached hydrogens (tertiary/aromatic N) is 4. The molecule has 0 atom stereocenters. The lowest BCUT2D eigenvalue weighted by Crippen LogP contribution is -2.21. The number of hydrazone groups is 1. The van der Waals surface area contributed by atoms with Gasteiger partial charge in [-0.2, -0.15) is 10.4 Å². The predicted molar refractivity (Wildman–Crippen MR) is 81.5 cm³/mol. The molecule has 0 saturated carbocycles. The van der Waals surface area contributed by atoms with Crippen molar-refractivity contribution in [1.82, 2.24) is 9.55 Å². The largest absolute Gasteiger partial charge is 0.382 e. The molecule has 0 spiro atoms. The molecule has 0 aliphatic rings. The lowest BCUT2D eigenvalue weighted by molar-refractivity contribution is 0.891. The van der Waals surface area contributed by atoms with Gasteiger partial charge in [-0.25, -0.2) is 4.98 Å². The van der Waals surface area contributed by atoms with E-state index in [9.17, 15) is 0 Å². The maximum Gasteiger partial charge on any atom is 0.201 e. The summed E-state index contributed by atoms with van der Waals surface area (Å²) in [5.74, 6) is 0.615. The van der Waals surface area contributed by atoms with Crippen molar-refractivity contribution in [2.45, 2.75) is 13.3 Å². The average Bonchev–Trinajstić information content (AvgIpc) is 2.96. The third kappa shape index (κ3) is 3.25. The van der Waals surface area contributed by atoms with Crippen LogP contribution in [-0.4, -0.2) is 21.1 Å². The van der Waals surface area contributed by atoms with E-state index in [0.29, 0.717) is 5.69 Å². The molecule has 7 heteroatoms. The summed E-state index contributed by atoms with van der Waals surface area (Å²) in [6.45, 7) is 2.05. The normalized spacial score (nSPS) is 11.0. The molecule has 0 radical (unpaired) electrons. The van der Waals surface area contributed by atoms with Crippen LogP contribution in [0.1, 0.15) is 12.7 Å². The topological polar surface area (TPSA) is 116 Å². The molecule has 106 valence electrons. The van der Waals surface area contributed by atoms with Gasteiger partial charge in [-0.05, 0) is 24.3 Å². The number of nitriles is 1. The van der Waals surface area contributed by atoms with Gasteiger partial charge in [0.05, 0.1) is 5.69 Å². The van der Waals surface area contributed by atoms with Crippen LogP contribution in [0.25, 0.3) is 5.69 Å². The zero-order valence-electron chi connectivity index (χ0n) is 11.5. The van der Waals surface area contributed by atoms with Crippen LogP contribution in [0.3, 0.4) is 0 Å². The Hall–Kier alpha value is -3.14. The summed E-state index contributed by atoms with van der Waals surface area (Å²) in [7, 11) is 0. The molecular formula is C14H15N7. The number of amidine groups is 1. The van der Waals surface area contributed by atoms with E-state index in [1.54, 1.807) is 12.3 Å². The van der Waals surface area contributed by atoms with E-state index in [1.165, 1.54) is 0 Å². The average molecular weight is 281 g/mol. The van der Waals surface area contributed by atoms with E-state index < -0.39 is 0 Å². The maximum atomic E-state index is 8.75. The molecule has 2 rings (SSSR count). The van der Waals surface area contributed by atoms with Gasteiger partial charge in [0.1, 0.15) is 11.9 Å². The second-order valence-electron chi connectivity index (χ2n) is 4.21. The van der Waals surface area contributed by atoms with Crippen LogP contribution in [0.2, 0.25) is 0 Å². The Morgan fingerprint density at radius 2 is 2.19 bits per heavy atom. The van der Waals surface area contributed by atoms with E-state index in [-0.39, 0.29) is 11.5 Å². The third-order valence-corrected chi connectivity index (χ3v) is 2.84.